The highest BCUT2D eigenvalue weighted by molar-refractivity contribution is 7.94. The Hall–Kier alpha value is -7.56. The minimum Gasteiger partial charge on any atom is -0.505 e. The molecule has 0 unspecified atom stereocenters. The number of phenolic OH excluding ortho intramolecular Hbond substituents is 1. The number of nitrogens with zero attached hydrogens (tertiary/aromatic N) is 7. The molecule has 0 bridgehead atoms. The van der Waals surface area contributed by atoms with Crippen LogP contribution in [0.2, 0.25) is 0 Å². The number of nitrogens with one attached hydrogen (secondary N) is 1. The van der Waals surface area contributed by atoms with E-state index in [1.165, 1.54) is 42.5 Å². The first-order chi connectivity index (χ1) is 33.6. The fourth-order valence-electron chi connectivity index (χ4n) is 6.62. The van der Waals surface area contributed by atoms with Crippen LogP contribution >= 0.6 is 12.0 Å². The molecule has 0 aliphatic rings. The van der Waals surface area contributed by atoms with Crippen molar-refractivity contribution in [2.45, 2.75) is 19.6 Å². The number of aromatic hydroxyl groups is 1. The van der Waals surface area contributed by atoms with Crippen molar-refractivity contribution >= 4 is 104 Å². The first-order valence-electron chi connectivity index (χ1n) is 19.5. The summed E-state index contributed by atoms with van der Waals surface area (Å²) in [5.41, 5.74) is -4.47. The molecule has 0 radical (unpaired) electrons. The van der Waals surface area contributed by atoms with Crippen LogP contribution in [0, 0.1) is 0 Å². The number of carboxylic acid groups (broad SMARTS) is 1. The number of phenols is 1. The molecule has 27 nitrogen and oxygen atoms in total. The summed E-state index contributed by atoms with van der Waals surface area (Å²) in [6.45, 7) is -1.85. The van der Waals surface area contributed by atoms with Crippen molar-refractivity contribution in [3.63, 3.8) is 0 Å². The van der Waals surface area contributed by atoms with Gasteiger partial charge >= 0.3 is 5.97 Å². The molecule has 370 valence electrons. The average molecular weight is 1060 g/mol. The van der Waals surface area contributed by atoms with E-state index in [1.54, 1.807) is 0 Å². The topological polar surface area (TPSA) is 421 Å². The number of azo groups is 3. The van der Waals surface area contributed by atoms with Gasteiger partial charge in [0.15, 0.2) is 17.1 Å². The highest BCUT2D eigenvalue weighted by atomic mass is 32.2. The predicted molar refractivity (Wildman–Crippen MR) is 246 cm³/mol. The Balaban J connectivity index is 1.29. The molecule has 0 saturated heterocycles. The van der Waals surface area contributed by atoms with Crippen molar-refractivity contribution in [3.8, 4) is 22.9 Å². The largest absolute Gasteiger partial charge is 0.505 e. The van der Waals surface area contributed by atoms with E-state index in [4.69, 9.17) is 14.7 Å². The predicted octanol–water partition coefficient (Wildman–Crippen LogP) is 7.10. The van der Waals surface area contributed by atoms with Gasteiger partial charge in [-0.3, -0.25) is 23.6 Å². The number of fused-ring (bicyclic) bond motifs is 2. The minimum atomic E-state index is -5.28. The lowest BCUT2D eigenvalue weighted by Crippen LogP contribution is -2.14. The number of aromatic amines is 1. The van der Waals surface area contributed by atoms with Crippen LogP contribution in [-0.4, -0.2) is 107 Å². The van der Waals surface area contributed by atoms with Gasteiger partial charge in [0, 0.05) is 27.8 Å². The molecule has 0 atom stereocenters. The molecule has 0 aliphatic carbocycles. The second-order valence-corrected chi connectivity index (χ2v) is 19.1. The smallest absolute Gasteiger partial charge is 0.356 e. The number of aliphatic hydroxyl groups is 2. The molecule has 0 aliphatic heterocycles. The SMILES string of the molecule is O=C(O)c1[nH]n(-c2ccc3c(O)c(N=Nc4cc(OCCO)c(N=Nc5ccc6c(SOO)cccc6c5S(=O)(=O)O)cc4OCCO)c(S(=O)(=O)O)cc3c2)c(=O)c1N=Nc1ccc(S(=O)(=O)O)cc1. The van der Waals surface area contributed by atoms with Gasteiger partial charge in [0.1, 0.15) is 57.3 Å². The fourth-order valence-corrected chi connectivity index (χ4v) is 9.07. The lowest BCUT2D eigenvalue weighted by atomic mass is 10.1. The standard InChI is InChI=1S/C40H32N8O19S4/c49-12-14-65-30-19-29(31(66-15-13-50)18-28(30)43-42-27-11-10-25-26(38(27)71(62,63)64)2-1-3-32(25)68-67-55)44-45-34-33(70(59,60)61)17-20-16-22(6-9-24(20)37(34)51)48-39(52)35(36(47-48)40(53)54)46-41-21-4-7-23(8-5-21)69(56,57)58/h1-11,16-19,47,49-51,55H,12-15H2,(H,53,54)(H,56,57,58)(H,59,60,61)(H,62,63,64). The van der Waals surface area contributed by atoms with Crippen LogP contribution in [0.15, 0.2) is 146 Å². The van der Waals surface area contributed by atoms with Gasteiger partial charge in [0.05, 0.1) is 41.5 Å². The summed E-state index contributed by atoms with van der Waals surface area (Å²) >= 11 is 0.506. The van der Waals surface area contributed by atoms with Gasteiger partial charge in [0.25, 0.3) is 35.9 Å². The maximum Gasteiger partial charge on any atom is 0.356 e. The zero-order chi connectivity index (χ0) is 51.4. The number of aliphatic hydroxyl groups excluding tert-OH is 2. The average Bonchev–Trinajstić information content (AvgIpc) is 3.65. The summed E-state index contributed by atoms with van der Waals surface area (Å²) in [5.74, 6) is -3.02. The lowest BCUT2D eigenvalue weighted by molar-refractivity contribution is -0.116. The van der Waals surface area contributed by atoms with Crippen molar-refractivity contribution in [2.75, 3.05) is 26.4 Å². The molecular formula is C40H32N8O19S4. The molecule has 6 aromatic carbocycles. The second-order valence-electron chi connectivity index (χ2n) is 14.1. The molecule has 0 amide bonds. The number of hydrogen-bond acceptors (Lipinski definition) is 22. The molecule has 71 heavy (non-hydrogen) atoms. The van der Waals surface area contributed by atoms with Crippen LogP contribution in [0.1, 0.15) is 10.5 Å². The maximum absolute atomic E-state index is 13.5. The van der Waals surface area contributed by atoms with Crippen LogP contribution in [0.3, 0.4) is 0 Å². The number of carbonyl (C=O) groups is 1. The first kappa shape index (κ1) is 51.3. The Morgan fingerprint density at radius 1 is 0.662 bits per heavy atom. The van der Waals surface area contributed by atoms with Crippen LogP contribution < -0.4 is 15.0 Å². The molecule has 7 aromatic rings. The Labute approximate surface area is 402 Å². The molecule has 7 rings (SSSR count). The number of benzene rings is 6. The Morgan fingerprint density at radius 2 is 1.27 bits per heavy atom. The van der Waals surface area contributed by atoms with E-state index in [0.717, 1.165) is 48.5 Å². The van der Waals surface area contributed by atoms with Gasteiger partial charge in [-0.1, -0.05) is 18.2 Å². The molecule has 31 heteroatoms. The van der Waals surface area contributed by atoms with Crippen molar-refractivity contribution in [3.05, 3.63) is 107 Å². The highest BCUT2D eigenvalue weighted by Gasteiger charge is 2.26. The van der Waals surface area contributed by atoms with Gasteiger partial charge in [-0.05, 0) is 71.4 Å². The van der Waals surface area contributed by atoms with E-state index < -0.39 is 92.6 Å². The quantitative estimate of drug-likeness (QED) is 0.0128. The normalized spacial score (nSPS) is 12.5. The molecular weight excluding hydrogens is 1020 g/mol. The number of aromatic nitrogens is 2. The van der Waals surface area contributed by atoms with Crippen molar-refractivity contribution in [1.29, 1.82) is 0 Å². The number of ether oxygens (including phenoxy) is 2. The van der Waals surface area contributed by atoms with E-state index in [2.05, 4.69) is 40.1 Å². The number of aromatic carboxylic acids is 1. The van der Waals surface area contributed by atoms with Crippen LogP contribution in [0.4, 0.5) is 34.1 Å². The van der Waals surface area contributed by atoms with Gasteiger partial charge in [-0.25, -0.2) is 14.7 Å². The molecule has 0 saturated carbocycles. The second kappa shape index (κ2) is 20.8. The third-order valence-electron chi connectivity index (χ3n) is 9.65. The van der Waals surface area contributed by atoms with Gasteiger partial charge in [-0.2, -0.15) is 34.7 Å². The number of H-pyrrole nitrogens is 1. The summed E-state index contributed by atoms with van der Waals surface area (Å²) in [6.07, 6.45) is 0. The van der Waals surface area contributed by atoms with Gasteiger partial charge in [0.2, 0.25) is 0 Å². The summed E-state index contributed by atoms with van der Waals surface area (Å²) in [6, 6.07) is 17.7. The Kier molecular flexibility index (Phi) is 15.0. The zero-order valence-electron chi connectivity index (χ0n) is 35.3. The third kappa shape index (κ3) is 11.2. The monoisotopic (exact) mass is 1060 g/mol. The van der Waals surface area contributed by atoms with E-state index >= 15 is 0 Å². The molecule has 9 N–H and O–H groups in total. The number of rotatable bonds is 19. The van der Waals surface area contributed by atoms with Gasteiger partial charge < -0.3 is 29.9 Å². The summed E-state index contributed by atoms with van der Waals surface area (Å²) in [5, 5.41) is 75.2. The molecule has 0 fully saturated rings. The summed E-state index contributed by atoms with van der Waals surface area (Å²) < 4.78 is 120. The number of carboxylic acids is 1. The summed E-state index contributed by atoms with van der Waals surface area (Å²) in [7, 11) is -14.8. The first-order valence-corrected chi connectivity index (χ1v) is 24.6. The minimum absolute atomic E-state index is 0.0276. The third-order valence-corrected chi connectivity index (χ3v) is 12.9. The molecule has 0 spiro atoms. The maximum atomic E-state index is 13.5. The summed E-state index contributed by atoms with van der Waals surface area (Å²) in [4.78, 5) is 23.7. The van der Waals surface area contributed by atoms with E-state index in [0.29, 0.717) is 16.7 Å². The fraction of sp³-hybridized carbons (Fsp3) is 0.100. The molecule has 1 aromatic heterocycles. The zero-order valence-corrected chi connectivity index (χ0v) is 38.6. The van der Waals surface area contributed by atoms with Crippen molar-refractivity contribution in [1.82, 2.24) is 9.78 Å². The number of hydrogen-bond donors (Lipinski definition) is 9. The van der Waals surface area contributed by atoms with E-state index in [-0.39, 0.29) is 79.6 Å². The highest BCUT2D eigenvalue weighted by Crippen LogP contribution is 2.46. The van der Waals surface area contributed by atoms with E-state index in [9.17, 15) is 68.9 Å². The van der Waals surface area contributed by atoms with Crippen LogP contribution in [-0.2, 0) is 34.7 Å². The Morgan fingerprint density at radius 3 is 1.85 bits per heavy atom. The van der Waals surface area contributed by atoms with Crippen LogP contribution in [0.25, 0.3) is 27.2 Å². The lowest BCUT2D eigenvalue weighted by Gasteiger charge is -2.13. The van der Waals surface area contributed by atoms with Crippen LogP contribution in [0.5, 0.6) is 17.2 Å². The van der Waals surface area contributed by atoms with Crippen molar-refractivity contribution < 1.29 is 83.2 Å². The van der Waals surface area contributed by atoms with Crippen molar-refractivity contribution in [2.24, 2.45) is 30.7 Å². The molecule has 1 heterocycles. The van der Waals surface area contributed by atoms with Gasteiger partial charge in [-0.15, -0.1) is 25.6 Å². The van der Waals surface area contributed by atoms with E-state index in [1.807, 2.05) is 0 Å². The Bertz CT molecular complexity index is 3750.